The van der Waals surface area contributed by atoms with E-state index in [2.05, 4.69) is 5.32 Å². The smallest absolute Gasteiger partial charge is 0.223 e. The Labute approximate surface area is 140 Å². The molecule has 0 saturated carbocycles. The van der Waals surface area contributed by atoms with E-state index in [1.165, 1.54) is 0 Å². The number of benzene rings is 1. The highest BCUT2D eigenvalue weighted by Crippen LogP contribution is 2.19. The largest absolute Gasteiger partial charge is 0.493 e. The minimum absolute atomic E-state index is 0. The van der Waals surface area contributed by atoms with Crippen molar-refractivity contribution in [2.75, 3.05) is 13.2 Å². The van der Waals surface area contributed by atoms with E-state index >= 15 is 0 Å². The van der Waals surface area contributed by atoms with E-state index in [4.69, 9.17) is 10.5 Å². The number of nitrogens with one attached hydrogen (secondary N) is 1. The summed E-state index contributed by atoms with van der Waals surface area (Å²) in [6.45, 7) is 8.96. The first kappa shape index (κ1) is 20.7. The van der Waals surface area contributed by atoms with Gasteiger partial charge in [0.2, 0.25) is 5.91 Å². The number of amides is 1. The molecule has 0 aromatic heterocycles. The van der Waals surface area contributed by atoms with Gasteiger partial charge in [0.1, 0.15) is 5.75 Å². The van der Waals surface area contributed by atoms with Crippen molar-refractivity contribution in [2.45, 2.75) is 52.5 Å². The number of ether oxygens (including phenoxy) is 1. The molecule has 1 aromatic rings. The number of rotatable bonds is 8. The van der Waals surface area contributed by atoms with Crippen molar-refractivity contribution in [2.24, 2.45) is 5.73 Å². The van der Waals surface area contributed by atoms with Crippen molar-refractivity contribution < 1.29 is 9.53 Å². The third kappa shape index (κ3) is 5.85. The molecule has 22 heavy (non-hydrogen) atoms. The van der Waals surface area contributed by atoms with Crippen LogP contribution >= 0.6 is 12.4 Å². The van der Waals surface area contributed by atoms with Crippen molar-refractivity contribution in [3.63, 3.8) is 0 Å². The Morgan fingerprint density at radius 2 is 1.91 bits per heavy atom. The molecule has 1 aromatic carbocycles. The van der Waals surface area contributed by atoms with Crippen LogP contribution in [0.5, 0.6) is 5.75 Å². The van der Waals surface area contributed by atoms with E-state index in [0.717, 1.165) is 29.7 Å². The number of carbonyl (C=O) groups is 1. The van der Waals surface area contributed by atoms with Crippen molar-refractivity contribution in [1.82, 2.24) is 5.32 Å². The summed E-state index contributed by atoms with van der Waals surface area (Å²) in [5.74, 6) is 0.841. The predicted octanol–water partition coefficient (Wildman–Crippen LogP) is 3.13. The van der Waals surface area contributed by atoms with Crippen LogP contribution in [0.25, 0.3) is 0 Å². The maximum absolute atomic E-state index is 12.0. The summed E-state index contributed by atoms with van der Waals surface area (Å²) in [6.07, 6.45) is 2.02. The normalized spacial score (nSPS) is 10.8. The molecule has 0 saturated heterocycles. The van der Waals surface area contributed by atoms with Crippen LogP contribution in [-0.2, 0) is 4.79 Å². The highest BCUT2D eigenvalue weighted by Gasteiger charge is 2.25. The number of hydrogen-bond donors (Lipinski definition) is 2. The zero-order valence-electron chi connectivity index (χ0n) is 14.1. The van der Waals surface area contributed by atoms with Gasteiger partial charge < -0.3 is 15.8 Å². The molecule has 5 heteroatoms. The molecule has 0 heterocycles. The molecule has 1 amide bonds. The minimum atomic E-state index is -0.281. The summed E-state index contributed by atoms with van der Waals surface area (Å²) < 4.78 is 5.71. The maximum Gasteiger partial charge on any atom is 0.223 e. The topological polar surface area (TPSA) is 64.3 Å². The van der Waals surface area contributed by atoms with Crippen LogP contribution in [0.2, 0.25) is 0 Å². The number of aryl methyl sites for hydroxylation is 2. The number of halogens is 1. The molecule has 0 radical (unpaired) electrons. The van der Waals surface area contributed by atoms with Gasteiger partial charge in [0.05, 0.1) is 18.6 Å². The van der Waals surface area contributed by atoms with Crippen LogP contribution < -0.4 is 15.8 Å². The van der Waals surface area contributed by atoms with Crippen LogP contribution in [0.15, 0.2) is 18.2 Å². The van der Waals surface area contributed by atoms with Gasteiger partial charge >= 0.3 is 0 Å². The van der Waals surface area contributed by atoms with Gasteiger partial charge in [0.25, 0.3) is 0 Å². The van der Waals surface area contributed by atoms with Crippen LogP contribution in [0.1, 0.15) is 44.2 Å². The Morgan fingerprint density at radius 3 is 2.45 bits per heavy atom. The zero-order valence-corrected chi connectivity index (χ0v) is 14.9. The molecule has 0 aliphatic carbocycles. The van der Waals surface area contributed by atoms with Gasteiger partial charge in [0.15, 0.2) is 0 Å². The first-order valence-electron chi connectivity index (χ1n) is 7.67. The van der Waals surface area contributed by atoms with Gasteiger partial charge in [-0.05, 0) is 43.9 Å². The van der Waals surface area contributed by atoms with E-state index in [-0.39, 0.29) is 23.9 Å². The monoisotopic (exact) mass is 328 g/mol. The Kier molecular flexibility index (Phi) is 9.14. The van der Waals surface area contributed by atoms with Crippen molar-refractivity contribution in [1.29, 1.82) is 0 Å². The molecular weight excluding hydrogens is 300 g/mol. The van der Waals surface area contributed by atoms with Crippen LogP contribution in [0.4, 0.5) is 0 Å². The van der Waals surface area contributed by atoms with Crippen molar-refractivity contribution in [3.05, 3.63) is 29.3 Å². The average molecular weight is 329 g/mol. The van der Waals surface area contributed by atoms with E-state index in [9.17, 15) is 4.79 Å². The number of carbonyl (C=O) groups excluding carboxylic acids is 1. The molecule has 3 N–H and O–H groups in total. The standard InChI is InChI=1S/C17H28N2O2.ClH/c1-5-17(6-2,12-18)19-16(20)9-10-21-15-11-13(3)7-8-14(15)4;/h7-8,11H,5-6,9-10,12,18H2,1-4H3,(H,19,20);1H. The fraction of sp³-hybridized carbons (Fsp3) is 0.588. The predicted molar refractivity (Wildman–Crippen MR) is 93.8 cm³/mol. The summed E-state index contributed by atoms with van der Waals surface area (Å²) in [6, 6.07) is 6.07. The van der Waals surface area contributed by atoms with Gasteiger partial charge in [-0.2, -0.15) is 0 Å². The fourth-order valence-electron chi connectivity index (χ4n) is 2.24. The Bertz CT molecular complexity index is 465. The molecule has 0 bridgehead atoms. The van der Waals surface area contributed by atoms with Gasteiger partial charge in [-0.3, -0.25) is 4.79 Å². The quantitative estimate of drug-likeness (QED) is 0.770. The second-order valence-electron chi connectivity index (χ2n) is 5.61. The molecule has 1 rings (SSSR count). The molecule has 0 aliphatic heterocycles. The molecular formula is C17H29ClN2O2. The highest BCUT2D eigenvalue weighted by atomic mass is 35.5. The lowest BCUT2D eigenvalue weighted by Gasteiger charge is -2.31. The lowest BCUT2D eigenvalue weighted by atomic mass is 9.93. The van der Waals surface area contributed by atoms with E-state index in [1.807, 2.05) is 45.9 Å². The fourth-order valence-corrected chi connectivity index (χ4v) is 2.24. The summed E-state index contributed by atoms with van der Waals surface area (Å²) >= 11 is 0. The van der Waals surface area contributed by atoms with Crippen molar-refractivity contribution >= 4 is 18.3 Å². The van der Waals surface area contributed by atoms with Gasteiger partial charge in [0, 0.05) is 6.54 Å². The summed E-state index contributed by atoms with van der Waals surface area (Å²) in [5.41, 5.74) is 7.74. The van der Waals surface area contributed by atoms with Crippen LogP contribution in [0.3, 0.4) is 0 Å². The number of nitrogens with two attached hydrogens (primary N) is 1. The Morgan fingerprint density at radius 1 is 1.27 bits per heavy atom. The molecule has 0 aliphatic rings. The second kappa shape index (κ2) is 9.70. The Hall–Kier alpha value is -1.26. The average Bonchev–Trinajstić information content (AvgIpc) is 2.48. The number of hydrogen-bond acceptors (Lipinski definition) is 3. The van der Waals surface area contributed by atoms with Crippen LogP contribution in [-0.4, -0.2) is 24.6 Å². The minimum Gasteiger partial charge on any atom is -0.493 e. The first-order valence-corrected chi connectivity index (χ1v) is 7.67. The van der Waals surface area contributed by atoms with Gasteiger partial charge in [-0.25, -0.2) is 0 Å². The van der Waals surface area contributed by atoms with E-state index < -0.39 is 0 Å². The first-order chi connectivity index (χ1) is 9.96. The van der Waals surface area contributed by atoms with Crippen LogP contribution in [0, 0.1) is 13.8 Å². The summed E-state index contributed by atoms with van der Waals surface area (Å²) in [4.78, 5) is 12.0. The van der Waals surface area contributed by atoms with Crippen molar-refractivity contribution in [3.8, 4) is 5.75 Å². The third-order valence-corrected chi connectivity index (χ3v) is 4.08. The van der Waals surface area contributed by atoms with Gasteiger partial charge in [-0.15, -0.1) is 12.4 Å². The molecule has 4 nitrogen and oxygen atoms in total. The Balaban J connectivity index is 0.00000441. The van der Waals surface area contributed by atoms with Gasteiger partial charge in [-0.1, -0.05) is 26.0 Å². The summed E-state index contributed by atoms with van der Waals surface area (Å²) in [5, 5.41) is 3.05. The molecule has 0 spiro atoms. The molecule has 126 valence electrons. The lowest BCUT2D eigenvalue weighted by molar-refractivity contribution is -0.123. The SMILES string of the molecule is CCC(CC)(CN)NC(=O)CCOc1cc(C)ccc1C.Cl. The zero-order chi connectivity index (χ0) is 15.9. The second-order valence-corrected chi connectivity index (χ2v) is 5.61. The molecule has 0 unspecified atom stereocenters. The maximum atomic E-state index is 12.0. The van der Waals surface area contributed by atoms with E-state index in [1.54, 1.807) is 0 Å². The van der Waals surface area contributed by atoms with E-state index in [0.29, 0.717) is 19.6 Å². The lowest BCUT2D eigenvalue weighted by Crippen LogP contribution is -2.53. The summed E-state index contributed by atoms with van der Waals surface area (Å²) in [7, 11) is 0. The highest BCUT2D eigenvalue weighted by molar-refractivity contribution is 5.85. The molecule has 0 atom stereocenters. The third-order valence-electron chi connectivity index (χ3n) is 4.08. The molecule has 0 fully saturated rings.